The van der Waals surface area contributed by atoms with E-state index in [-0.39, 0.29) is 31.5 Å². The summed E-state index contributed by atoms with van der Waals surface area (Å²) < 4.78 is 0.297. The Bertz CT molecular complexity index is 336. The normalized spacial score (nSPS) is 13.3. The minimum atomic E-state index is -0.634. The van der Waals surface area contributed by atoms with E-state index in [0.717, 1.165) is 0 Å². The Hall–Kier alpha value is -1.06. The minimum Gasteiger partial charge on any atom is -0.386 e. The third kappa shape index (κ3) is 10.3. The summed E-state index contributed by atoms with van der Waals surface area (Å²) in [5.41, 5.74) is 0. The van der Waals surface area contributed by atoms with Gasteiger partial charge in [-0.05, 0) is 14.0 Å². The number of carbonyl (C=O) groups is 2. The smallest absolute Gasteiger partial charge is 0.228 e. The first-order valence-electron chi connectivity index (χ1n) is 6.94. The highest BCUT2D eigenvalue weighted by Crippen LogP contribution is 2.00. The van der Waals surface area contributed by atoms with Crippen LogP contribution in [0.1, 0.15) is 13.3 Å². The van der Waals surface area contributed by atoms with E-state index in [1.165, 1.54) is 6.92 Å². The average Bonchev–Trinajstić information content (AvgIpc) is 2.34. The molecule has 0 fully saturated rings. The highest BCUT2D eigenvalue weighted by Gasteiger charge is 2.21. The Labute approximate surface area is 126 Å². The topological polar surface area (TPSA) is 102 Å². The Kier molecular flexibility index (Phi) is 9.31. The Morgan fingerprint density at radius 2 is 1.90 bits per heavy atom. The van der Waals surface area contributed by atoms with Crippen molar-refractivity contribution in [2.45, 2.75) is 19.4 Å². The molecule has 0 saturated carbocycles. The van der Waals surface area contributed by atoms with Gasteiger partial charge in [0.2, 0.25) is 5.91 Å². The van der Waals surface area contributed by atoms with Gasteiger partial charge in [-0.3, -0.25) is 14.5 Å². The number of aliphatic hydroxyl groups excluding tert-OH is 2. The van der Waals surface area contributed by atoms with Gasteiger partial charge in [0, 0.05) is 13.2 Å². The Morgan fingerprint density at radius 1 is 1.29 bits per heavy atom. The number of nitrogens with zero attached hydrogens (tertiary/aromatic N) is 2. The van der Waals surface area contributed by atoms with E-state index in [4.69, 9.17) is 0 Å². The lowest BCUT2D eigenvalue weighted by atomic mass is 10.3. The van der Waals surface area contributed by atoms with Gasteiger partial charge < -0.3 is 25.3 Å². The molecule has 8 nitrogen and oxygen atoms in total. The van der Waals surface area contributed by atoms with Crippen molar-refractivity contribution in [3.63, 3.8) is 0 Å². The minimum absolute atomic E-state index is 0.0571. The quantitative estimate of drug-likeness (QED) is 0.198. The molecule has 0 radical (unpaired) electrons. The number of hydrogen-bond acceptors (Lipinski definition) is 6. The number of ketones is 1. The number of nitrogens with one attached hydrogen (secondary N) is 2. The van der Waals surface area contributed by atoms with E-state index >= 15 is 0 Å². The van der Waals surface area contributed by atoms with Gasteiger partial charge in [0.05, 0.1) is 27.2 Å². The predicted molar refractivity (Wildman–Crippen MR) is 79.0 cm³/mol. The zero-order valence-electron chi connectivity index (χ0n) is 13.4. The van der Waals surface area contributed by atoms with Gasteiger partial charge in [-0.25, -0.2) is 0 Å². The summed E-state index contributed by atoms with van der Waals surface area (Å²) in [5, 5.41) is 24.8. The molecule has 0 aliphatic carbocycles. The van der Waals surface area contributed by atoms with Crippen LogP contribution in [0.15, 0.2) is 0 Å². The molecule has 0 spiro atoms. The van der Waals surface area contributed by atoms with E-state index in [2.05, 4.69) is 10.6 Å². The van der Waals surface area contributed by atoms with Gasteiger partial charge in [-0.15, -0.1) is 0 Å². The molecule has 0 heterocycles. The number of rotatable bonds is 11. The number of likely N-dealkylation sites (N-methyl/N-ethyl adjacent to an activating group) is 1. The standard InChI is InChI=1S/C13H28N4O4/c1-11(19)5-13(21)15-9-16(8-14-2)6-12(20)7-17(3,4)10-18/h12,14,18,20H,5-10H2,1-4H3/p+1. The molecule has 0 aromatic rings. The molecule has 0 aliphatic rings. The van der Waals surface area contributed by atoms with Crippen molar-refractivity contribution in [2.24, 2.45) is 0 Å². The molecule has 0 aromatic carbocycles. The van der Waals surface area contributed by atoms with Gasteiger partial charge in [0.1, 0.15) is 18.4 Å². The molecular weight excluding hydrogens is 276 g/mol. The van der Waals surface area contributed by atoms with Crippen molar-refractivity contribution in [1.82, 2.24) is 15.5 Å². The number of carbonyl (C=O) groups excluding carboxylic acids is 2. The van der Waals surface area contributed by atoms with Gasteiger partial charge in [0.25, 0.3) is 0 Å². The lowest BCUT2D eigenvalue weighted by molar-refractivity contribution is -0.911. The number of quaternary nitrogens is 1. The summed E-state index contributed by atoms with van der Waals surface area (Å²) >= 11 is 0. The highest BCUT2D eigenvalue weighted by molar-refractivity contribution is 5.96. The molecule has 4 N–H and O–H groups in total. The van der Waals surface area contributed by atoms with E-state index in [9.17, 15) is 19.8 Å². The van der Waals surface area contributed by atoms with Gasteiger partial charge in [-0.2, -0.15) is 0 Å². The third-order valence-corrected chi connectivity index (χ3v) is 2.85. The Morgan fingerprint density at radius 3 is 2.38 bits per heavy atom. The number of Topliss-reactive ketones (excluding diaryl/α,β-unsaturated/α-hetero) is 1. The van der Waals surface area contributed by atoms with Crippen LogP contribution in [-0.2, 0) is 9.59 Å². The van der Waals surface area contributed by atoms with Crippen LogP contribution in [0.4, 0.5) is 0 Å². The molecule has 0 aliphatic heterocycles. The molecule has 1 amide bonds. The van der Waals surface area contributed by atoms with Crippen LogP contribution in [0.2, 0.25) is 0 Å². The molecule has 0 aromatic heterocycles. The lowest BCUT2D eigenvalue weighted by Gasteiger charge is -2.31. The molecule has 1 atom stereocenters. The molecular formula is C13H29N4O4+. The van der Waals surface area contributed by atoms with Crippen molar-refractivity contribution >= 4 is 11.7 Å². The monoisotopic (exact) mass is 305 g/mol. The van der Waals surface area contributed by atoms with Crippen LogP contribution >= 0.6 is 0 Å². The zero-order valence-corrected chi connectivity index (χ0v) is 13.4. The average molecular weight is 305 g/mol. The van der Waals surface area contributed by atoms with Crippen molar-refractivity contribution in [2.75, 3.05) is 54.3 Å². The maximum absolute atomic E-state index is 11.4. The van der Waals surface area contributed by atoms with E-state index < -0.39 is 6.10 Å². The van der Waals surface area contributed by atoms with Gasteiger partial charge >= 0.3 is 0 Å². The summed E-state index contributed by atoms with van der Waals surface area (Å²) in [6.07, 6.45) is -0.769. The molecule has 8 heteroatoms. The van der Waals surface area contributed by atoms with Crippen LogP contribution in [0.5, 0.6) is 0 Å². The first-order valence-corrected chi connectivity index (χ1v) is 6.94. The Balaban J connectivity index is 4.29. The number of hydrogen-bond donors (Lipinski definition) is 4. The van der Waals surface area contributed by atoms with E-state index in [1.807, 2.05) is 19.0 Å². The van der Waals surface area contributed by atoms with Crippen molar-refractivity contribution in [3.8, 4) is 0 Å². The molecule has 124 valence electrons. The van der Waals surface area contributed by atoms with E-state index in [0.29, 0.717) is 24.2 Å². The summed E-state index contributed by atoms with van der Waals surface area (Å²) in [7, 11) is 5.41. The summed E-state index contributed by atoms with van der Waals surface area (Å²) in [5.74, 6) is -0.515. The first kappa shape index (κ1) is 19.9. The fourth-order valence-electron chi connectivity index (χ4n) is 1.88. The van der Waals surface area contributed by atoms with Crippen LogP contribution in [0.25, 0.3) is 0 Å². The summed E-state index contributed by atoms with van der Waals surface area (Å²) in [4.78, 5) is 24.1. The fraction of sp³-hybridized carbons (Fsp3) is 0.846. The van der Waals surface area contributed by atoms with E-state index in [1.54, 1.807) is 7.05 Å². The van der Waals surface area contributed by atoms with Crippen molar-refractivity contribution < 1.29 is 24.3 Å². The molecule has 0 bridgehead atoms. The van der Waals surface area contributed by atoms with Gasteiger partial charge in [-0.1, -0.05) is 0 Å². The molecule has 21 heavy (non-hydrogen) atoms. The zero-order chi connectivity index (χ0) is 16.5. The lowest BCUT2D eigenvalue weighted by Crippen LogP contribution is -2.51. The predicted octanol–water partition coefficient (Wildman–Crippen LogP) is -2.09. The summed E-state index contributed by atoms with van der Waals surface area (Å²) in [6.45, 7) is 2.80. The largest absolute Gasteiger partial charge is 0.386 e. The van der Waals surface area contributed by atoms with Gasteiger partial charge in [0.15, 0.2) is 6.73 Å². The fourth-order valence-corrected chi connectivity index (χ4v) is 1.88. The second-order valence-corrected chi connectivity index (χ2v) is 5.92. The third-order valence-electron chi connectivity index (χ3n) is 2.85. The van der Waals surface area contributed by atoms with Crippen molar-refractivity contribution in [1.29, 1.82) is 0 Å². The molecule has 0 saturated heterocycles. The maximum atomic E-state index is 11.4. The first-order chi connectivity index (χ1) is 9.70. The SMILES string of the molecule is CNCN(CNC(=O)CC(C)=O)CC(O)C[N+](C)(C)CO. The summed E-state index contributed by atoms with van der Waals surface area (Å²) in [6, 6.07) is 0. The second-order valence-electron chi connectivity index (χ2n) is 5.92. The van der Waals surface area contributed by atoms with Crippen LogP contribution < -0.4 is 10.6 Å². The number of aliphatic hydroxyl groups is 2. The highest BCUT2D eigenvalue weighted by atomic mass is 16.3. The van der Waals surface area contributed by atoms with Crippen LogP contribution in [-0.4, -0.2) is 91.7 Å². The second kappa shape index (κ2) is 9.80. The number of amides is 1. The molecule has 1 unspecified atom stereocenters. The maximum Gasteiger partial charge on any atom is 0.228 e. The molecule has 0 rings (SSSR count). The van der Waals surface area contributed by atoms with Crippen molar-refractivity contribution in [3.05, 3.63) is 0 Å². The van der Waals surface area contributed by atoms with Crippen LogP contribution in [0.3, 0.4) is 0 Å². The van der Waals surface area contributed by atoms with Crippen LogP contribution in [0, 0.1) is 0 Å².